The van der Waals surface area contributed by atoms with Gasteiger partial charge in [0.05, 0.1) is 11.5 Å². The number of carbonyl (C=O) groups excluding carboxylic acids is 1. The average Bonchev–Trinajstić information content (AvgIpc) is 2.42. The molecule has 1 N–H and O–H groups in total. The van der Waals surface area contributed by atoms with Gasteiger partial charge in [-0.25, -0.2) is 0 Å². The quantitative estimate of drug-likeness (QED) is 0.806. The number of carbonyl (C=O) groups is 2. The maximum Gasteiger partial charge on any atom is 0.309 e. The van der Waals surface area contributed by atoms with Crippen LogP contribution < -0.4 is 0 Å². The minimum Gasteiger partial charge on any atom is -0.481 e. The standard InChI is InChI=1S/C12H21NO4/c1-9-8-13(5-4-6-17-9)10(14)7-12(2,3)11(15)16/h9H,4-8H2,1-3H3,(H,15,16). The van der Waals surface area contributed by atoms with Crippen LogP contribution in [-0.4, -0.2) is 47.7 Å². The Morgan fingerprint density at radius 2 is 2.12 bits per heavy atom. The third-order valence-corrected chi connectivity index (χ3v) is 2.98. The summed E-state index contributed by atoms with van der Waals surface area (Å²) in [4.78, 5) is 24.7. The van der Waals surface area contributed by atoms with Gasteiger partial charge in [-0.3, -0.25) is 9.59 Å². The van der Waals surface area contributed by atoms with Gasteiger partial charge in [-0.2, -0.15) is 0 Å². The van der Waals surface area contributed by atoms with E-state index in [1.54, 1.807) is 18.7 Å². The molecule has 1 aliphatic heterocycles. The minimum atomic E-state index is -1.01. The Labute approximate surface area is 102 Å². The Morgan fingerprint density at radius 3 is 2.71 bits per heavy atom. The van der Waals surface area contributed by atoms with Crippen molar-refractivity contribution in [2.24, 2.45) is 5.41 Å². The van der Waals surface area contributed by atoms with E-state index in [2.05, 4.69) is 0 Å². The number of nitrogens with zero attached hydrogens (tertiary/aromatic N) is 1. The zero-order valence-electron chi connectivity index (χ0n) is 10.7. The van der Waals surface area contributed by atoms with Gasteiger partial charge >= 0.3 is 5.97 Å². The predicted octanol–water partition coefficient (Wildman–Crippen LogP) is 1.12. The molecule has 0 bridgehead atoms. The van der Waals surface area contributed by atoms with Gasteiger partial charge in [0.15, 0.2) is 0 Å². The smallest absolute Gasteiger partial charge is 0.309 e. The van der Waals surface area contributed by atoms with E-state index in [-0.39, 0.29) is 18.4 Å². The predicted molar refractivity (Wildman–Crippen MR) is 62.6 cm³/mol. The number of aliphatic carboxylic acids is 1. The number of carboxylic acid groups (broad SMARTS) is 1. The fourth-order valence-electron chi connectivity index (χ4n) is 1.79. The summed E-state index contributed by atoms with van der Waals surface area (Å²) in [7, 11) is 0. The zero-order chi connectivity index (χ0) is 13.1. The van der Waals surface area contributed by atoms with E-state index in [0.29, 0.717) is 19.7 Å². The molecule has 1 rings (SSSR count). The van der Waals surface area contributed by atoms with Crippen LogP contribution in [0.3, 0.4) is 0 Å². The summed E-state index contributed by atoms with van der Waals surface area (Å²) in [6, 6.07) is 0. The highest BCUT2D eigenvalue weighted by Crippen LogP contribution is 2.22. The molecule has 0 aliphatic carbocycles. The Hall–Kier alpha value is -1.10. The fraction of sp³-hybridized carbons (Fsp3) is 0.833. The van der Waals surface area contributed by atoms with E-state index in [1.807, 2.05) is 6.92 Å². The Bertz CT molecular complexity index is 301. The van der Waals surface area contributed by atoms with Crippen molar-refractivity contribution in [2.75, 3.05) is 19.7 Å². The third-order valence-electron chi connectivity index (χ3n) is 2.98. The Balaban J connectivity index is 2.60. The van der Waals surface area contributed by atoms with Crippen molar-refractivity contribution in [2.45, 2.75) is 39.7 Å². The first-order valence-corrected chi connectivity index (χ1v) is 5.96. The SMILES string of the molecule is CC1CN(C(=O)CC(C)(C)C(=O)O)CCCO1. The van der Waals surface area contributed by atoms with Gasteiger partial charge in [0, 0.05) is 26.1 Å². The molecule has 1 fully saturated rings. The van der Waals surface area contributed by atoms with Crippen molar-refractivity contribution >= 4 is 11.9 Å². The molecule has 0 aromatic heterocycles. The van der Waals surface area contributed by atoms with Crippen LogP contribution in [0.15, 0.2) is 0 Å². The number of amides is 1. The monoisotopic (exact) mass is 243 g/mol. The molecule has 0 saturated carbocycles. The molecule has 1 saturated heterocycles. The van der Waals surface area contributed by atoms with Gasteiger partial charge in [0.25, 0.3) is 0 Å². The van der Waals surface area contributed by atoms with Crippen LogP contribution in [-0.2, 0) is 14.3 Å². The summed E-state index contributed by atoms with van der Waals surface area (Å²) in [6.07, 6.45) is 0.868. The van der Waals surface area contributed by atoms with E-state index in [0.717, 1.165) is 6.42 Å². The highest BCUT2D eigenvalue weighted by atomic mass is 16.5. The maximum atomic E-state index is 12.0. The van der Waals surface area contributed by atoms with Gasteiger partial charge in [0.2, 0.25) is 5.91 Å². The van der Waals surface area contributed by atoms with Crippen LogP contribution in [0.2, 0.25) is 0 Å². The largest absolute Gasteiger partial charge is 0.481 e. The lowest BCUT2D eigenvalue weighted by atomic mass is 9.89. The lowest BCUT2D eigenvalue weighted by Crippen LogP contribution is -2.39. The van der Waals surface area contributed by atoms with Gasteiger partial charge in [0.1, 0.15) is 0 Å². The molecule has 1 aliphatic rings. The maximum absolute atomic E-state index is 12.0. The molecule has 1 heterocycles. The molecular weight excluding hydrogens is 222 g/mol. The molecule has 1 atom stereocenters. The Kier molecular flexibility index (Phi) is 4.51. The zero-order valence-corrected chi connectivity index (χ0v) is 10.7. The molecule has 1 amide bonds. The molecule has 5 nitrogen and oxygen atoms in total. The van der Waals surface area contributed by atoms with Gasteiger partial charge in [-0.15, -0.1) is 0 Å². The van der Waals surface area contributed by atoms with Crippen LogP contribution >= 0.6 is 0 Å². The van der Waals surface area contributed by atoms with Crippen molar-refractivity contribution in [1.82, 2.24) is 4.90 Å². The molecule has 0 aromatic carbocycles. The number of hydrogen-bond donors (Lipinski definition) is 1. The molecule has 17 heavy (non-hydrogen) atoms. The van der Waals surface area contributed by atoms with Crippen molar-refractivity contribution in [3.63, 3.8) is 0 Å². The summed E-state index contributed by atoms with van der Waals surface area (Å²) in [5.41, 5.74) is -1.01. The molecule has 0 radical (unpaired) electrons. The summed E-state index contributed by atoms with van der Waals surface area (Å²) in [5.74, 6) is -1.04. The molecule has 0 spiro atoms. The average molecular weight is 243 g/mol. The van der Waals surface area contributed by atoms with Crippen LogP contribution in [0.4, 0.5) is 0 Å². The second kappa shape index (κ2) is 5.49. The molecule has 5 heteroatoms. The molecule has 0 aromatic rings. The molecular formula is C12H21NO4. The van der Waals surface area contributed by atoms with Crippen LogP contribution in [0.25, 0.3) is 0 Å². The normalized spacial score (nSPS) is 22.1. The first-order valence-electron chi connectivity index (χ1n) is 5.96. The first kappa shape index (κ1) is 14.0. The lowest BCUT2D eigenvalue weighted by Gasteiger charge is -2.26. The number of hydrogen-bond acceptors (Lipinski definition) is 3. The second-order valence-electron chi connectivity index (χ2n) is 5.24. The number of ether oxygens (including phenoxy) is 1. The van der Waals surface area contributed by atoms with E-state index in [1.165, 1.54) is 0 Å². The molecule has 98 valence electrons. The minimum absolute atomic E-state index is 0.0226. The summed E-state index contributed by atoms with van der Waals surface area (Å²) >= 11 is 0. The van der Waals surface area contributed by atoms with Crippen molar-refractivity contribution in [3.8, 4) is 0 Å². The van der Waals surface area contributed by atoms with E-state index >= 15 is 0 Å². The summed E-state index contributed by atoms with van der Waals surface area (Å²) in [6.45, 7) is 6.94. The van der Waals surface area contributed by atoms with Crippen molar-refractivity contribution in [3.05, 3.63) is 0 Å². The second-order valence-corrected chi connectivity index (χ2v) is 5.24. The van der Waals surface area contributed by atoms with Gasteiger partial charge in [-0.05, 0) is 27.2 Å². The number of rotatable bonds is 3. The summed E-state index contributed by atoms with van der Waals surface area (Å²) < 4.78 is 5.45. The topological polar surface area (TPSA) is 66.8 Å². The lowest BCUT2D eigenvalue weighted by molar-refractivity contribution is -0.151. The highest BCUT2D eigenvalue weighted by Gasteiger charge is 2.32. The number of carboxylic acids is 1. The summed E-state index contributed by atoms with van der Waals surface area (Å²) in [5, 5.41) is 9.00. The van der Waals surface area contributed by atoms with Crippen LogP contribution in [0.5, 0.6) is 0 Å². The van der Waals surface area contributed by atoms with Crippen molar-refractivity contribution in [1.29, 1.82) is 0 Å². The van der Waals surface area contributed by atoms with Crippen LogP contribution in [0.1, 0.15) is 33.6 Å². The van der Waals surface area contributed by atoms with Crippen LogP contribution in [0, 0.1) is 5.41 Å². The molecule has 1 unspecified atom stereocenters. The Morgan fingerprint density at radius 1 is 1.47 bits per heavy atom. The third kappa shape index (κ3) is 4.00. The van der Waals surface area contributed by atoms with E-state index in [4.69, 9.17) is 9.84 Å². The van der Waals surface area contributed by atoms with E-state index < -0.39 is 11.4 Å². The fourth-order valence-corrected chi connectivity index (χ4v) is 1.79. The van der Waals surface area contributed by atoms with Crippen molar-refractivity contribution < 1.29 is 19.4 Å². The highest BCUT2D eigenvalue weighted by molar-refractivity contribution is 5.84. The van der Waals surface area contributed by atoms with E-state index in [9.17, 15) is 9.59 Å². The van der Waals surface area contributed by atoms with Gasteiger partial charge < -0.3 is 14.7 Å². The van der Waals surface area contributed by atoms with Gasteiger partial charge in [-0.1, -0.05) is 0 Å². The first-order chi connectivity index (χ1) is 7.83.